The zero-order valence-corrected chi connectivity index (χ0v) is 14.7. The zero-order valence-electron chi connectivity index (χ0n) is 14.7. The maximum Gasteiger partial charge on any atom is 0.341 e. The summed E-state index contributed by atoms with van der Waals surface area (Å²) in [6.45, 7) is 3.82. The minimum Gasteiger partial charge on any atom is -0.497 e. The molecule has 0 radical (unpaired) electrons. The van der Waals surface area contributed by atoms with Crippen molar-refractivity contribution in [2.75, 3.05) is 19.0 Å². The molecule has 1 N–H and O–H groups in total. The van der Waals surface area contributed by atoms with Crippen molar-refractivity contribution in [3.8, 4) is 11.5 Å². The molecule has 6 nitrogen and oxygen atoms in total. The monoisotopic (exact) mass is 361 g/mol. The summed E-state index contributed by atoms with van der Waals surface area (Å²) in [4.78, 5) is 24.2. The quantitative estimate of drug-likeness (QED) is 0.765. The van der Waals surface area contributed by atoms with Crippen LogP contribution in [0.4, 0.5) is 10.1 Å². The topological polar surface area (TPSA) is 73.9 Å². The average molecular weight is 361 g/mol. The smallest absolute Gasteiger partial charge is 0.341 e. The van der Waals surface area contributed by atoms with Crippen LogP contribution in [0.2, 0.25) is 0 Å². The Kier molecular flexibility index (Phi) is 6.54. The fraction of sp³-hybridized carbons (Fsp3) is 0.263. The first-order chi connectivity index (χ1) is 12.4. The summed E-state index contributed by atoms with van der Waals surface area (Å²) in [7, 11) is 1.39. The van der Waals surface area contributed by atoms with Gasteiger partial charge in [0.1, 0.15) is 17.3 Å². The average Bonchev–Trinajstić information content (AvgIpc) is 2.63. The number of carbonyl (C=O) groups is 2. The fourth-order valence-corrected chi connectivity index (χ4v) is 2.11. The second kappa shape index (κ2) is 8.84. The highest BCUT2D eigenvalue weighted by Gasteiger charge is 2.21. The molecule has 2 aromatic rings. The molecule has 2 aromatic carbocycles. The molecule has 0 unspecified atom stereocenters. The van der Waals surface area contributed by atoms with E-state index in [9.17, 15) is 14.0 Å². The minimum absolute atomic E-state index is 0.272. The number of halogens is 1. The first-order valence-corrected chi connectivity index (χ1v) is 8.02. The van der Waals surface area contributed by atoms with Crippen LogP contribution in [0.1, 0.15) is 24.2 Å². The largest absolute Gasteiger partial charge is 0.497 e. The Labute approximate surface area is 150 Å². The standard InChI is InChI=1S/C19H20FNO5/c1-4-25-14-7-5-13(6-8-14)21-18(22)12(2)26-19(23)16-10-9-15(24-3)11-17(16)20/h5-12H,4H2,1-3H3,(H,21,22)/t12-/m1/s1. The number of amides is 1. The van der Waals surface area contributed by atoms with Gasteiger partial charge in [-0.3, -0.25) is 4.79 Å². The number of carbonyl (C=O) groups excluding carboxylic acids is 2. The molecule has 0 aliphatic heterocycles. The molecule has 1 amide bonds. The first-order valence-electron chi connectivity index (χ1n) is 8.02. The lowest BCUT2D eigenvalue weighted by Crippen LogP contribution is -2.30. The van der Waals surface area contributed by atoms with E-state index in [2.05, 4.69) is 5.32 Å². The van der Waals surface area contributed by atoms with E-state index in [-0.39, 0.29) is 11.3 Å². The fourth-order valence-electron chi connectivity index (χ4n) is 2.11. The molecule has 0 aliphatic rings. The third-order valence-electron chi connectivity index (χ3n) is 3.48. The third-order valence-corrected chi connectivity index (χ3v) is 3.48. The van der Waals surface area contributed by atoms with Gasteiger partial charge in [-0.2, -0.15) is 0 Å². The lowest BCUT2D eigenvalue weighted by molar-refractivity contribution is -0.123. The van der Waals surface area contributed by atoms with Crippen molar-refractivity contribution < 1.29 is 28.2 Å². The predicted octanol–water partition coefficient (Wildman–Crippen LogP) is 3.42. The number of ether oxygens (including phenoxy) is 3. The normalized spacial score (nSPS) is 11.4. The van der Waals surface area contributed by atoms with Crippen molar-refractivity contribution in [2.24, 2.45) is 0 Å². The Morgan fingerprint density at radius 3 is 2.35 bits per heavy atom. The molecule has 1 atom stereocenters. The maximum atomic E-state index is 13.9. The predicted molar refractivity (Wildman–Crippen MR) is 94.1 cm³/mol. The molecule has 138 valence electrons. The highest BCUT2D eigenvalue weighted by atomic mass is 19.1. The van der Waals surface area contributed by atoms with Crippen LogP contribution in [0.15, 0.2) is 42.5 Å². The Morgan fingerprint density at radius 2 is 1.77 bits per heavy atom. The SMILES string of the molecule is CCOc1ccc(NC(=O)[C@@H](C)OC(=O)c2ccc(OC)cc2F)cc1. The summed E-state index contributed by atoms with van der Waals surface area (Å²) in [5, 5.41) is 2.62. The van der Waals surface area contributed by atoms with E-state index in [4.69, 9.17) is 14.2 Å². The van der Waals surface area contributed by atoms with Gasteiger partial charge in [-0.05, 0) is 50.2 Å². The second-order valence-corrected chi connectivity index (χ2v) is 5.34. The summed E-state index contributed by atoms with van der Waals surface area (Å²) in [6.07, 6.45) is -1.10. The van der Waals surface area contributed by atoms with Gasteiger partial charge in [-0.1, -0.05) is 0 Å². The van der Waals surface area contributed by atoms with Gasteiger partial charge in [0, 0.05) is 11.8 Å². The number of esters is 1. The highest BCUT2D eigenvalue weighted by Crippen LogP contribution is 2.18. The molecule has 0 fully saturated rings. The first kappa shape index (κ1) is 19.2. The molecule has 26 heavy (non-hydrogen) atoms. The van der Waals surface area contributed by atoms with Gasteiger partial charge in [-0.15, -0.1) is 0 Å². The van der Waals surface area contributed by atoms with E-state index in [1.165, 1.54) is 26.2 Å². The van der Waals surface area contributed by atoms with Crippen molar-refractivity contribution >= 4 is 17.6 Å². The van der Waals surface area contributed by atoms with Crippen molar-refractivity contribution in [1.82, 2.24) is 0 Å². The molecular weight excluding hydrogens is 341 g/mol. The number of rotatable bonds is 7. The number of benzene rings is 2. The number of hydrogen-bond acceptors (Lipinski definition) is 5. The Morgan fingerprint density at radius 1 is 1.12 bits per heavy atom. The highest BCUT2D eigenvalue weighted by molar-refractivity contribution is 5.97. The number of anilines is 1. The van der Waals surface area contributed by atoms with Crippen LogP contribution in [0.3, 0.4) is 0 Å². The zero-order chi connectivity index (χ0) is 19.1. The maximum absolute atomic E-state index is 13.9. The van der Waals surface area contributed by atoms with Gasteiger partial charge in [0.05, 0.1) is 19.3 Å². The molecule has 2 rings (SSSR count). The molecule has 0 bridgehead atoms. The third kappa shape index (κ3) is 4.95. The van der Waals surface area contributed by atoms with Crippen molar-refractivity contribution in [3.63, 3.8) is 0 Å². The number of methoxy groups -OCH3 is 1. The van der Waals surface area contributed by atoms with E-state index in [1.807, 2.05) is 6.92 Å². The van der Waals surface area contributed by atoms with Crippen LogP contribution in [0, 0.1) is 5.82 Å². The molecule has 7 heteroatoms. The lowest BCUT2D eigenvalue weighted by Gasteiger charge is -2.14. The molecule has 0 aliphatic carbocycles. The van der Waals surface area contributed by atoms with Crippen molar-refractivity contribution in [3.05, 3.63) is 53.8 Å². The second-order valence-electron chi connectivity index (χ2n) is 5.34. The molecule has 0 aromatic heterocycles. The van der Waals surface area contributed by atoms with E-state index in [1.54, 1.807) is 24.3 Å². The summed E-state index contributed by atoms with van der Waals surface area (Å²) < 4.78 is 29.1. The molecule has 0 spiro atoms. The number of hydrogen-bond donors (Lipinski definition) is 1. The van der Waals surface area contributed by atoms with Crippen LogP contribution >= 0.6 is 0 Å². The molecular formula is C19H20FNO5. The van der Waals surface area contributed by atoms with Gasteiger partial charge < -0.3 is 19.5 Å². The van der Waals surface area contributed by atoms with E-state index < -0.39 is 23.8 Å². The summed E-state index contributed by atoms with van der Waals surface area (Å²) in [6, 6.07) is 10.5. The molecule has 0 saturated heterocycles. The van der Waals surface area contributed by atoms with Crippen LogP contribution in [-0.2, 0) is 9.53 Å². The molecule has 0 heterocycles. The summed E-state index contributed by atoms with van der Waals surface area (Å²) in [5.41, 5.74) is 0.253. The van der Waals surface area contributed by atoms with Crippen molar-refractivity contribution in [1.29, 1.82) is 0 Å². The summed E-state index contributed by atoms with van der Waals surface area (Å²) >= 11 is 0. The van der Waals surface area contributed by atoms with Crippen molar-refractivity contribution in [2.45, 2.75) is 20.0 Å². The van der Waals surface area contributed by atoms with Gasteiger partial charge in [0.15, 0.2) is 6.10 Å². The minimum atomic E-state index is -1.10. The van der Waals surface area contributed by atoms with Crippen LogP contribution in [0.25, 0.3) is 0 Å². The Hall–Kier alpha value is -3.09. The van der Waals surface area contributed by atoms with Gasteiger partial charge in [0.25, 0.3) is 5.91 Å². The number of nitrogens with one attached hydrogen (secondary N) is 1. The molecule has 0 saturated carbocycles. The lowest BCUT2D eigenvalue weighted by atomic mass is 10.2. The van der Waals surface area contributed by atoms with Gasteiger partial charge in [-0.25, -0.2) is 9.18 Å². The van der Waals surface area contributed by atoms with Gasteiger partial charge in [0.2, 0.25) is 0 Å². The van der Waals surface area contributed by atoms with E-state index >= 15 is 0 Å². The van der Waals surface area contributed by atoms with Crippen LogP contribution in [-0.4, -0.2) is 31.7 Å². The van der Waals surface area contributed by atoms with Crippen LogP contribution in [0.5, 0.6) is 11.5 Å². The Balaban J connectivity index is 1.96. The van der Waals surface area contributed by atoms with E-state index in [0.29, 0.717) is 18.0 Å². The Bertz CT molecular complexity index is 776. The van der Waals surface area contributed by atoms with Crippen LogP contribution < -0.4 is 14.8 Å². The van der Waals surface area contributed by atoms with E-state index in [0.717, 1.165) is 6.07 Å². The summed E-state index contributed by atoms with van der Waals surface area (Å²) in [5.74, 6) is -1.29. The van der Waals surface area contributed by atoms with Gasteiger partial charge >= 0.3 is 5.97 Å².